The van der Waals surface area contributed by atoms with Crippen molar-refractivity contribution in [2.75, 3.05) is 23.8 Å². The van der Waals surface area contributed by atoms with Gasteiger partial charge < -0.3 is 25.8 Å². The van der Waals surface area contributed by atoms with Crippen molar-refractivity contribution in [1.29, 1.82) is 0 Å². The Kier molecular flexibility index (Phi) is 5.43. The van der Waals surface area contributed by atoms with E-state index in [1.165, 1.54) is 11.3 Å². The monoisotopic (exact) mass is 375 g/mol. The molecule has 1 aromatic carbocycles. The second-order valence-corrected chi connectivity index (χ2v) is 7.06. The highest BCUT2D eigenvalue weighted by atomic mass is 32.1. The van der Waals surface area contributed by atoms with Gasteiger partial charge in [-0.2, -0.15) is 0 Å². The Hall–Kier alpha value is -2.58. The molecule has 0 bridgehead atoms. The van der Waals surface area contributed by atoms with Gasteiger partial charge in [0.1, 0.15) is 13.2 Å². The van der Waals surface area contributed by atoms with Crippen LogP contribution in [0.4, 0.5) is 11.4 Å². The molecule has 0 fully saturated rings. The lowest BCUT2D eigenvalue weighted by molar-refractivity contribution is -0.119. The van der Waals surface area contributed by atoms with Crippen molar-refractivity contribution in [3.63, 3.8) is 0 Å². The van der Waals surface area contributed by atoms with Gasteiger partial charge in [0, 0.05) is 18.2 Å². The smallest absolute Gasteiger partial charge is 0.265 e. The lowest BCUT2D eigenvalue weighted by Gasteiger charge is -2.22. The molecule has 0 radical (unpaired) electrons. The van der Waals surface area contributed by atoms with Crippen LogP contribution in [0.15, 0.2) is 29.6 Å². The van der Waals surface area contributed by atoms with Crippen LogP contribution >= 0.6 is 11.3 Å². The average molecular weight is 375 g/mol. The van der Waals surface area contributed by atoms with E-state index in [4.69, 9.17) is 15.2 Å². The first-order valence-electron chi connectivity index (χ1n) is 8.30. The molecule has 1 aliphatic rings. The Morgan fingerprint density at radius 2 is 1.73 bits per heavy atom. The summed E-state index contributed by atoms with van der Waals surface area (Å²) in [6.45, 7) is 4.38. The number of thiophene rings is 1. The fraction of sp³-hybridized carbons (Fsp3) is 0.333. The number of benzene rings is 1. The van der Waals surface area contributed by atoms with E-state index < -0.39 is 0 Å². The summed E-state index contributed by atoms with van der Waals surface area (Å²) in [5.41, 5.74) is 6.69. The highest BCUT2D eigenvalue weighted by Gasteiger charge is 2.22. The van der Waals surface area contributed by atoms with Gasteiger partial charge in [0.25, 0.3) is 5.91 Å². The molecule has 0 saturated heterocycles. The third-order valence-electron chi connectivity index (χ3n) is 4.14. The Morgan fingerprint density at radius 1 is 1.12 bits per heavy atom. The maximum absolute atomic E-state index is 12.4. The number of hydrogen-bond acceptors (Lipinski definition) is 6. The number of carbonyl (C=O) groups is 2. The molecule has 2 atom stereocenters. The number of nitrogens with two attached hydrogens (primary N) is 1. The molecule has 0 spiro atoms. The molecule has 0 aliphatic carbocycles. The third-order valence-corrected chi connectivity index (χ3v) is 5.00. The molecule has 4 N–H and O–H groups in total. The summed E-state index contributed by atoms with van der Waals surface area (Å²) in [5.74, 6) is 0.171. The van der Waals surface area contributed by atoms with Gasteiger partial charge in [-0.3, -0.25) is 9.59 Å². The molecule has 2 aromatic rings. The molecular formula is C18H21N3O4S. The van der Waals surface area contributed by atoms with Gasteiger partial charge in [0.2, 0.25) is 5.91 Å². The number of nitrogens with one attached hydrogen (secondary N) is 2. The Morgan fingerprint density at radius 3 is 2.27 bits per heavy atom. The largest absolute Gasteiger partial charge is 0.486 e. The summed E-state index contributed by atoms with van der Waals surface area (Å²) in [7, 11) is 0. The first-order chi connectivity index (χ1) is 12.5. The van der Waals surface area contributed by atoms with Gasteiger partial charge in [-0.25, -0.2) is 0 Å². The molecule has 2 unspecified atom stereocenters. The molecule has 0 saturated carbocycles. The van der Waals surface area contributed by atoms with Gasteiger partial charge >= 0.3 is 0 Å². The van der Waals surface area contributed by atoms with E-state index in [0.717, 1.165) is 0 Å². The van der Waals surface area contributed by atoms with Crippen LogP contribution in [0.25, 0.3) is 0 Å². The van der Waals surface area contributed by atoms with Crippen molar-refractivity contribution in [3.8, 4) is 11.5 Å². The van der Waals surface area contributed by atoms with E-state index in [0.29, 0.717) is 41.0 Å². The molecule has 138 valence electrons. The molecule has 1 aliphatic heterocycles. The zero-order chi connectivity index (χ0) is 18.7. The first kappa shape index (κ1) is 18.2. The maximum Gasteiger partial charge on any atom is 0.265 e. The van der Waals surface area contributed by atoms with Crippen LogP contribution in [0.3, 0.4) is 0 Å². The second-order valence-electron chi connectivity index (χ2n) is 6.11. The van der Waals surface area contributed by atoms with Gasteiger partial charge in [-0.1, -0.05) is 13.0 Å². The lowest BCUT2D eigenvalue weighted by Crippen LogP contribution is -2.34. The van der Waals surface area contributed by atoms with Crippen molar-refractivity contribution in [2.45, 2.75) is 19.9 Å². The second kappa shape index (κ2) is 7.76. The first-order valence-corrected chi connectivity index (χ1v) is 9.18. The standard InChI is InChI=1S/C18H21N3O4S/c1-10(11(2)19)17(22)20-12-8-14-15(25-6-5-24-14)9-13(12)21-18(23)16-4-3-7-26-16/h3-4,7-11H,5-6,19H2,1-2H3,(H,20,22)(H,21,23). The average Bonchev–Trinajstić information content (AvgIpc) is 3.16. The normalized spacial score (nSPS) is 15.0. The minimum absolute atomic E-state index is 0.233. The third kappa shape index (κ3) is 3.97. The van der Waals surface area contributed by atoms with E-state index >= 15 is 0 Å². The Balaban J connectivity index is 1.90. The van der Waals surface area contributed by atoms with Crippen LogP contribution in [0, 0.1) is 5.92 Å². The number of anilines is 2. The number of hydrogen-bond donors (Lipinski definition) is 3. The number of amides is 2. The fourth-order valence-electron chi connectivity index (χ4n) is 2.37. The molecule has 26 heavy (non-hydrogen) atoms. The minimum Gasteiger partial charge on any atom is -0.486 e. The van der Waals surface area contributed by atoms with Gasteiger partial charge in [0.05, 0.1) is 22.2 Å². The van der Waals surface area contributed by atoms with Gasteiger partial charge in [0.15, 0.2) is 11.5 Å². The van der Waals surface area contributed by atoms with E-state index in [-0.39, 0.29) is 23.8 Å². The van der Waals surface area contributed by atoms with E-state index in [9.17, 15) is 9.59 Å². The lowest BCUT2D eigenvalue weighted by atomic mass is 10.0. The van der Waals surface area contributed by atoms with Crippen LogP contribution in [0.2, 0.25) is 0 Å². The summed E-state index contributed by atoms with van der Waals surface area (Å²) in [6, 6.07) is 6.55. The molecule has 7 nitrogen and oxygen atoms in total. The van der Waals surface area contributed by atoms with Crippen LogP contribution in [-0.4, -0.2) is 31.1 Å². The fourth-order valence-corrected chi connectivity index (χ4v) is 2.99. The zero-order valence-corrected chi connectivity index (χ0v) is 15.4. The number of fused-ring (bicyclic) bond motifs is 1. The van der Waals surface area contributed by atoms with Crippen molar-refractivity contribution >= 4 is 34.5 Å². The molecule has 2 amide bonds. The molecule has 1 aromatic heterocycles. The molecule has 2 heterocycles. The predicted molar refractivity (Wildman–Crippen MR) is 101 cm³/mol. The topological polar surface area (TPSA) is 103 Å². The number of rotatable bonds is 5. The van der Waals surface area contributed by atoms with Crippen LogP contribution in [0.1, 0.15) is 23.5 Å². The zero-order valence-electron chi connectivity index (χ0n) is 14.6. The van der Waals surface area contributed by atoms with Gasteiger partial charge in [-0.15, -0.1) is 11.3 Å². The van der Waals surface area contributed by atoms with Crippen molar-refractivity contribution in [3.05, 3.63) is 34.5 Å². The van der Waals surface area contributed by atoms with Gasteiger partial charge in [-0.05, 0) is 18.4 Å². The maximum atomic E-state index is 12.4. The molecule has 8 heteroatoms. The highest BCUT2D eigenvalue weighted by molar-refractivity contribution is 7.12. The summed E-state index contributed by atoms with van der Waals surface area (Å²) in [6.07, 6.45) is 0. The predicted octanol–water partition coefficient (Wildman–Crippen LogP) is 2.69. The van der Waals surface area contributed by atoms with Crippen LogP contribution in [-0.2, 0) is 4.79 Å². The molecule has 3 rings (SSSR count). The van der Waals surface area contributed by atoms with Crippen LogP contribution in [0.5, 0.6) is 11.5 Å². The quantitative estimate of drug-likeness (QED) is 0.746. The summed E-state index contributed by atoms with van der Waals surface area (Å²) in [4.78, 5) is 25.4. The number of ether oxygens (including phenoxy) is 2. The number of carbonyl (C=O) groups excluding carboxylic acids is 2. The van der Waals surface area contributed by atoms with Crippen molar-refractivity contribution in [1.82, 2.24) is 0 Å². The minimum atomic E-state index is -0.385. The summed E-state index contributed by atoms with van der Waals surface area (Å²) >= 11 is 1.34. The van der Waals surface area contributed by atoms with Crippen LogP contribution < -0.4 is 25.8 Å². The van der Waals surface area contributed by atoms with E-state index in [1.807, 2.05) is 5.38 Å². The van der Waals surface area contributed by atoms with Crippen molar-refractivity contribution in [2.24, 2.45) is 11.7 Å². The summed E-state index contributed by atoms with van der Waals surface area (Å²) in [5, 5.41) is 7.48. The van der Waals surface area contributed by atoms with E-state index in [2.05, 4.69) is 10.6 Å². The Bertz CT molecular complexity index is 805. The van der Waals surface area contributed by atoms with Crippen molar-refractivity contribution < 1.29 is 19.1 Å². The molecular weight excluding hydrogens is 354 g/mol. The summed E-state index contributed by atoms with van der Waals surface area (Å²) < 4.78 is 11.1. The van der Waals surface area contributed by atoms with E-state index in [1.54, 1.807) is 38.1 Å². The highest BCUT2D eigenvalue weighted by Crippen LogP contribution is 2.39. The Labute approximate surface area is 155 Å². The SMILES string of the molecule is CC(N)C(C)C(=O)Nc1cc2c(cc1NC(=O)c1cccs1)OCCO2.